The lowest BCUT2D eigenvalue weighted by Crippen LogP contribution is -2.42. The summed E-state index contributed by atoms with van der Waals surface area (Å²) in [5, 5.41) is 0. The van der Waals surface area contributed by atoms with Crippen LogP contribution in [0.1, 0.15) is 29.9 Å². The number of hydrogen-bond acceptors (Lipinski definition) is 2. The van der Waals surface area contributed by atoms with Crippen molar-refractivity contribution in [1.82, 2.24) is 0 Å². The van der Waals surface area contributed by atoms with Crippen molar-refractivity contribution in [3.8, 4) is 0 Å². The van der Waals surface area contributed by atoms with Gasteiger partial charge in [0.2, 0.25) is 5.79 Å². The number of benzene rings is 2. The Bertz CT molecular complexity index is 538. The van der Waals surface area contributed by atoms with Crippen LogP contribution in [-0.4, -0.2) is 13.7 Å². The maximum absolute atomic E-state index is 6.15. The van der Waals surface area contributed by atoms with Gasteiger partial charge in [0.25, 0.3) is 0 Å². The number of methoxy groups -OCH3 is 1. The van der Waals surface area contributed by atoms with Crippen LogP contribution in [-0.2, 0) is 15.3 Å². The summed E-state index contributed by atoms with van der Waals surface area (Å²) in [6, 6.07) is 20.8. The summed E-state index contributed by atoms with van der Waals surface area (Å²) in [6.07, 6.45) is 2.14. The summed E-state index contributed by atoms with van der Waals surface area (Å²) < 4.78 is 12.1. The fraction of sp³-hybridized carbons (Fsp3) is 0.333. The maximum atomic E-state index is 6.15. The second kappa shape index (κ2) is 5.78. The third kappa shape index (κ3) is 2.26. The van der Waals surface area contributed by atoms with Gasteiger partial charge in [-0.3, -0.25) is 0 Å². The van der Waals surface area contributed by atoms with Crippen molar-refractivity contribution in [2.75, 3.05) is 13.7 Å². The number of hydrogen-bond donors (Lipinski definition) is 0. The van der Waals surface area contributed by atoms with E-state index in [1.165, 1.54) is 5.56 Å². The van der Waals surface area contributed by atoms with Crippen molar-refractivity contribution in [1.29, 1.82) is 0 Å². The summed E-state index contributed by atoms with van der Waals surface area (Å²) >= 11 is 0. The quantitative estimate of drug-likeness (QED) is 0.835. The van der Waals surface area contributed by atoms with Crippen LogP contribution in [0.2, 0.25) is 0 Å². The summed E-state index contributed by atoms with van der Waals surface area (Å²) in [5.74, 6) is -0.439. The Labute approximate surface area is 120 Å². The molecule has 0 aromatic heterocycles. The lowest BCUT2D eigenvalue weighted by Gasteiger charge is -2.43. The van der Waals surface area contributed by atoms with Crippen LogP contribution in [0.15, 0.2) is 60.7 Å². The van der Waals surface area contributed by atoms with Gasteiger partial charge in [-0.15, -0.1) is 0 Å². The zero-order chi connectivity index (χ0) is 13.8. The summed E-state index contributed by atoms with van der Waals surface area (Å²) in [6.45, 7) is 0.742. The van der Waals surface area contributed by atoms with E-state index in [1.54, 1.807) is 7.11 Å². The fourth-order valence-corrected chi connectivity index (χ4v) is 3.15. The van der Waals surface area contributed by atoms with E-state index < -0.39 is 5.79 Å². The SMILES string of the molecule is COC1(c2ccccc2)OCCCC1c1ccccc1. The van der Waals surface area contributed by atoms with Gasteiger partial charge in [-0.25, -0.2) is 0 Å². The van der Waals surface area contributed by atoms with E-state index in [1.807, 2.05) is 24.3 Å². The molecule has 2 aromatic carbocycles. The monoisotopic (exact) mass is 268 g/mol. The molecule has 1 heterocycles. The van der Waals surface area contributed by atoms with Crippen LogP contribution >= 0.6 is 0 Å². The van der Waals surface area contributed by atoms with E-state index in [0.717, 1.165) is 25.0 Å². The van der Waals surface area contributed by atoms with Gasteiger partial charge in [0, 0.05) is 18.6 Å². The first kappa shape index (κ1) is 13.3. The van der Waals surface area contributed by atoms with E-state index in [0.29, 0.717) is 0 Å². The molecule has 2 nitrogen and oxygen atoms in total. The smallest absolute Gasteiger partial charge is 0.201 e. The zero-order valence-electron chi connectivity index (χ0n) is 11.8. The Kier molecular flexibility index (Phi) is 3.86. The van der Waals surface area contributed by atoms with Crippen LogP contribution < -0.4 is 0 Å². The van der Waals surface area contributed by atoms with Crippen molar-refractivity contribution >= 4 is 0 Å². The van der Waals surface area contributed by atoms with Gasteiger partial charge in [0.05, 0.1) is 6.61 Å². The molecule has 2 aromatic rings. The largest absolute Gasteiger partial charge is 0.349 e. The Morgan fingerprint density at radius 3 is 2.30 bits per heavy atom. The molecular weight excluding hydrogens is 248 g/mol. The van der Waals surface area contributed by atoms with E-state index >= 15 is 0 Å². The zero-order valence-corrected chi connectivity index (χ0v) is 11.8. The molecule has 104 valence electrons. The van der Waals surface area contributed by atoms with Crippen molar-refractivity contribution in [3.63, 3.8) is 0 Å². The Balaban J connectivity index is 2.06. The number of ether oxygens (including phenoxy) is 2. The van der Waals surface area contributed by atoms with Crippen molar-refractivity contribution in [3.05, 3.63) is 71.8 Å². The maximum Gasteiger partial charge on any atom is 0.201 e. The molecule has 0 N–H and O–H groups in total. The molecular formula is C18H20O2. The predicted octanol–water partition coefficient (Wildman–Crippen LogP) is 4.08. The van der Waals surface area contributed by atoms with Gasteiger partial charge in [-0.2, -0.15) is 0 Å². The Morgan fingerprint density at radius 1 is 1.00 bits per heavy atom. The molecule has 0 saturated carbocycles. The number of rotatable bonds is 3. The molecule has 0 bridgehead atoms. The van der Waals surface area contributed by atoms with Crippen LogP contribution in [0.3, 0.4) is 0 Å². The highest BCUT2D eigenvalue weighted by Crippen LogP contribution is 2.46. The van der Waals surface area contributed by atoms with Crippen LogP contribution in [0, 0.1) is 0 Å². The van der Waals surface area contributed by atoms with Crippen LogP contribution in [0.25, 0.3) is 0 Å². The van der Waals surface area contributed by atoms with E-state index in [9.17, 15) is 0 Å². The summed E-state index contributed by atoms with van der Waals surface area (Å²) in [5.41, 5.74) is 2.37. The molecule has 0 spiro atoms. The first-order valence-corrected chi connectivity index (χ1v) is 7.16. The fourth-order valence-electron chi connectivity index (χ4n) is 3.15. The molecule has 1 saturated heterocycles. The van der Waals surface area contributed by atoms with Gasteiger partial charge in [-0.05, 0) is 18.4 Å². The highest BCUT2D eigenvalue weighted by molar-refractivity contribution is 5.30. The molecule has 1 aliphatic heterocycles. The van der Waals surface area contributed by atoms with Crippen molar-refractivity contribution in [2.45, 2.75) is 24.5 Å². The van der Waals surface area contributed by atoms with E-state index in [4.69, 9.17) is 9.47 Å². The average Bonchev–Trinajstić information content (AvgIpc) is 2.56. The second-order valence-corrected chi connectivity index (χ2v) is 5.19. The molecule has 0 radical (unpaired) electrons. The lowest BCUT2D eigenvalue weighted by atomic mass is 9.81. The Morgan fingerprint density at radius 2 is 1.65 bits per heavy atom. The van der Waals surface area contributed by atoms with Crippen LogP contribution in [0.5, 0.6) is 0 Å². The molecule has 1 aliphatic rings. The summed E-state index contributed by atoms with van der Waals surface area (Å²) in [4.78, 5) is 0. The minimum atomic E-state index is -0.666. The van der Waals surface area contributed by atoms with Gasteiger partial charge in [-0.1, -0.05) is 60.7 Å². The van der Waals surface area contributed by atoms with Crippen molar-refractivity contribution < 1.29 is 9.47 Å². The van der Waals surface area contributed by atoms with Crippen LogP contribution in [0.4, 0.5) is 0 Å². The normalized spacial score (nSPS) is 26.4. The Hall–Kier alpha value is -1.64. The second-order valence-electron chi connectivity index (χ2n) is 5.19. The topological polar surface area (TPSA) is 18.5 Å². The standard InChI is InChI=1S/C18H20O2/c1-19-18(16-11-6-3-7-12-16)17(13-8-14-20-18)15-9-4-2-5-10-15/h2-7,9-12,17H,8,13-14H2,1H3. The molecule has 0 aliphatic carbocycles. The third-order valence-electron chi connectivity index (χ3n) is 4.09. The minimum absolute atomic E-state index is 0.227. The molecule has 2 atom stereocenters. The van der Waals surface area contributed by atoms with Gasteiger partial charge in [0.1, 0.15) is 0 Å². The highest BCUT2D eigenvalue weighted by atomic mass is 16.7. The molecule has 20 heavy (non-hydrogen) atoms. The molecule has 2 unspecified atom stereocenters. The van der Waals surface area contributed by atoms with Crippen molar-refractivity contribution in [2.24, 2.45) is 0 Å². The van der Waals surface area contributed by atoms with Gasteiger partial charge < -0.3 is 9.47 Å². The molecule has 0 amide bonds. The summed E-state index contributed by atoms with van der Waals surface area (Å²) in [7, 11) is 1.74. The molecule has 1 fully saturated rings. The van der Waals surface area contributed by atoms with E-state index in [2.05, 4.69) is 36.4 Å². The molecule has 3 rings (SSSR count). The lowest BCUT2D eigenvalue weighted by molar-refractivity contribution is -0.264. The molecule has 2 heteroatoms. The van der Waals surface area contributed by atoms with Gasteiger partial charge in [0.15, 0.2) is 0 Å². The average molecular weight is 268 g/mol. The third-order valence-corrected chi connectivity index (χ3v) is 4.09. The van der Waals surface area contributed by atoms with Gasteiger partial charge >= 0.3 is 0 Å². The predicted molar refractivity (Wildman–Crippen MR) is 79.5 cm³/mol. The van der Waals surface area contributed by atoms with E-state index in [-0.39, 0.29) is 5.92 Å². The minimum Gasteiger partial charge on any atom is -0.349 e. The first-order chi connectivity index (χ1) is 9.87. The highest BCUT2D eigenvalue weighted by Gasteiger charge is 2.44. The first-order valence-electron chi connectivity index (χ1n) is 7.16.